The molecule has 50 heavy (non-hydrogen) atoms. The minimum Gasteiger partial charge on any atom is -0.509 e. The van der Waals surface area contributed by atoms with E-state index >= 15 is 0 Å². The van der Waals surface area contributed by atoms with Crippen molar-refractivity contribution < 1.29 is 25.8 Å². The van der Waals surface area contributed by atoms with E-state index in [4.69, 9.17) is 9.72 Å². The maximum absolute atomic E-state index is 6.56. The Morgan fingerprint density at radius 2 is 1.52 bits per heavy atom. The third kappa shape index (κ3) is 5.28. The number of hydrogen-bond donors (Lipinski definition) is 0. The molecule has 0 N–H and O–H groups in total. The molecule has 0 saturated heterocycles. The molecule has 0 unspecified atom stereocenters. The molecule has 7 heteroatoms. The molecule has 0 fully saturated rings. The number of ether oxygens (including phenoxy) is 1. The molecule has 252 valence electrons. The number of fused-ring (bicyclic) bond motifs is 8. The molecule has 0 bridgehead atoms. The zero-order chi connectivity index (χ0) is 33.4. The average molecular weight is 851 g/mol. The first-order valence-electron chi connectivity index (χ1n) is 16.7. The molecule has 1 aliphatic heterocycles. The fourth-order valence-electron chi connectivity index (χ4n) is 7.01. The Kier molecular flexibility index (Phi) is 8.01. The first kappa shape index (κ1) is 32.6. The summed E-state index contributed by atoms with van der Waals surface area (Å²) in [6, 6.07) is 43.7. The van der Waals surface area contributed by atoms with Crippen LogP contribution in [-0.4, -0.2) is 15.6 Å². The van der Waals surface area contributed by atoms with E-state index < -0.39 is 0 Å². The molecule has 0 radical (unpaired) electrons. The van der Waals surface area contributed by atoms with Gasteiger partial charge in [0.15, 0.2) is 0 Å². The number of hydrogen-bond acceptors (Lipinski definition) is 5. The summed E-state index contributed by atoms with van der Waals surface area (Å²) in [7, 11) is 0. The smallest absolute Gasteiger partial charge is 0.135 e. The summed E-state index contributed by atoms with van der Waals surface area (Å²) in [5.74, 6) is 2.12. The van der Waals surface area contributed by atoms with Crippen LogP contribution in [0.25, 0.3) is 47.8 Å². The number of aromatic nitrogens is 2. The van der Waals surface area contributed by atoms with E-state index in [9.17, 15) is 0 Å². The fourth-order valence-corrected chi connectivity index (χ4v) is 8.11. The Bertz CT molecular complexity index is 2560. The van der Waals surface area contributed by atoms with E-state index in [1.54, 1.807) is 0 Å². The van der Waals surface area contributed by atoms with Gasteiger partial charge in [0.1, 0.15) is 5.82 Å². The first-order valence-corrected chi connectivity index (χ1v) is 17.6. The number of anilines is 3. The molecule has 1 aliphatic rings. The molecule has 8 aromatic rings. The monoisotopic (exact) mass is 850 g/mol. The molecule has 0 amide bonds. The summed E-state index contributed by atoms with van der Waals surface area (Å²) >= 11 is 1.83. The van der Waals surface area contributed by atoms with Crippen molar-refractivity contribution >= 4 is 70.4 Å². The van der Waals surface area contributed by atoms with E-state index in [0.29, 0.717) is 17.5 Å². The number of pyridine rings is 1. The zero-order valence-corrected chi connectivity index (χ0v) is 31.6. The van der Waals surface area contributed by atoms with Gasteiger partial charge in [0, 0.05) is 70.3 Å². The largest absolute Gasteiger partial charge is 0.509 e. The van der Waals surface area contributed by atoms with Crippen molar-refractivity contribution in [1.29, 1.82) is 0 Å². The normalized spacial score (nSPS) is 13.2. The summed E-state index contributed by atoms with van der Waals surface area (Å²) in [5, 5.41) is 4.77. The van der Waals surface area contributed by atoms with E-state index in [2.05, 4.69) is 153 Å². The van der Waals surface area contributed by atoms with Gasteiger partial charge in [-0.1, -0.05) is 62.7 Å². The van der Waals surface area contributed by atoms with Gasteiger partial charge in [-0.15, -0.1) is 52.7 Å². The Balaban J connectivity index is 0.00000361. The van der Waals surface area contributed by atoms with Crippen molar-refractivity contribution in [3.05, 3.63) is 134 Å². The Hall–Kier alpha value is -4.64. The van der Waals surface area contributed by atoms with Crippen LogP contribution in [0.4, 0.5) is 17.1 Å². The minimum absolute atomic E-state index is 0. The molecule has 5 nitrogen and oxygen atoms in total. The molecular formula is C43H35N4OPtS-3. The predicted molar refractivity (Wildman–Crippen MR) is 205 cm³/mol. The van der Waals surface area contributed by atoms with Crippen LogP contribution in [0.3, 0.4) is 0 Å². The first-order chi connectivity index (χ1) is 23.7. The third-order valence-corrected chi connectivity index (χ3v) is 10.6. The van der Waals surface area contributed by atoms with Crippen LogP contribution < -0.4 is 14.5 Å². The third-order valence-electron chi connectivity index (χ3n) is 9.44. The van der Waals surface area contributed by atoms with Crippen molar-refractivity contribution in [1.82, 2.24) is 9.55 Å². The van der Waals surface area contributed by atoms with Gasteiger partial charge in [-0.3, -0.25) is 0 Å². The van der Waals surface area contributed by atoms with E-state index in [0.717, 1.165) is 33.6 Å². The molecule has 4 heterocycles. The standard InChI is InChI=1S/C43H35N4OS.Pt/c1-27(2)45-26-46(36-15-8-7-14-35(36)45)29-11-10-12-30(24-29)48-31-17-18-32-33-19-20-39-41(34-13-6-9-16-38(34)49-39)42(33)47(37(32)25-31)40-23-28(21-22-44-40)43(3,4)5;/h6-23,26-27H,1-5H3;/q-3;. The molecule has 0 saturated carbocycles. The van der Waals surface area contributed by atoms with Gasteiger partial charge < -0.3 is 19.1 Å². The summed E-state index contributed by atoms with van der Waals surface area (Å²) in [6.07, 6.45) is 1.92. The van der Waals surface area contributed by atoms with Crippen LogP contribution in [0, 0.1) is 18.8 Å². The topological polar surface area (TPSA) is 33.5 Å². The van der Waals surface area contributed by atoms with Crippen molar-refractivity contribution in [2.45, 2.75) is 46.1 Å². The van der Waals surface area contributed by atoms with Gasteiger partial charge in [0.2, 0.25) is 0 Å². The van der Waals surface area contributed by atoms with Crippen LogP contribution >= 0.6 is 11.3 Å². The second-order valence-electron chi connectivity index (χ2n) is 14.0. The Morgan fingerprint density at radius 1 is 0.760 bits per heavy atom. The average Bonchev–Trinajstić information content (AvgIpc) is 3.78. The van der Waals surface area contributed by atoms with E-state index in [1.807, 2.05) is 35.7 Å². The van der Waals surface area contributed by atoms with Gasteiger partial charge in [0.05, 0.1) is 5.52 Å². The quantitative estimate of drug-likeness (QED) is 0.162. The second kappa shape index (κ2) is 12.3. The van der Waals surface area contributed by atoms with Crippen molar-refractivity contribution in [3.63, 3.8) is 0 Å². The fraction of sp³-hybridized carbons (Fsp3) is 0.163. The number of benzene rings is 5. The van der Waals surface area contributed by atoms with Crippen molar-refractivity contribution in [2.75, 3.05) is 9.80 Å². The van der Waals surface area contributed by atoms with Crippen LogP contribution in [0.1, 0.15) is 40.2 Å². The molecule has 0 spiro atoms. The maximum atomic E-state index is 6.56. The Morgan fingerprint density at radius 3 is 2.34 bits per heavy atom. The van der Waals surface area contributed by atoms with Gasteiger partial charge in [-0.05, 0) is 72.7 Å². The number of nitrogens with zero attached hydrogens (tertiary/aromatic N) is 4. The van der Waals surface area contributed by atoms with Crippen LogP contribution in [-0.2, 0) is 26.5 Å². The molecular weight excluding hydrogens is 816 g/mol. The molecule has 0 atom stereocenters. The zero-order valence-electron chi connectivity index (χ0n) is 28.5. The SMILES string of the molecule is CC(C)N1[CH-]N(c2[c-]c(Oc3[c-]c4c(cc3)c3ccc5sc6ccccc6c5c3n4-c3cc(C(C)(C)C)ccn3)ccc2)c2ccccc21.[Pt]. The maximum Gasteiger partial charge on any atom is 0.135 e. The van der Waals surface area contributed by atoms with Gasteiger partial charge in [0.25, 0.3) is 0 Å². The molecule has 3 aromatic heterocycles. The van der Waals surface area contributed by atoms with Gasteiger partial charge >= 0.3 is 0 Å². The van der Waals surface area contributed by atoms with Crippen LogP contribution in [0.15, 0.2) is 109 Å². The Labute approximate surface area is 311 Å². The number of thiophene rings is 1. The van der Waals surface area contributed by atoms with Crippen LogP contribution in [0.2, 0.25) is 0 Å². The van der Waals surface area contributed by atoms with Crippen molar-refractivity contribution in [3.8, 4) is 17.3 Å². The number of para-hydroxylation sites is 2. The summed E-state index contributed by atoms with van der Waals surface area (Å²) in [5.41, 5.74) is 6.49. The summed E-state index contributed by atoms with van der Waals surface area (Å²) in [6.45, 7) is 13.3. The molecule has 5 aromatic carbocycles. The van der Waals surface area contributed by atoms with Crippen LogP contribution in [0.5, 0.6) is 11.5 Å². The van der Waals surface area contributed by atoms with Gasteiger partial charge in [-0.2, -0.15) is 18.8 Å². The minimum atomic E-state index is -0.0286. The predicted octanol–water partition coefficient (Wildman–Crippen LogP) is 11.7. The molecule has 9 rings (SSSR count). The second-order valence-corrected chi connectivity index (χ2v) is 15.1. The van der Waals surface area contributed by atoms with Gasteiger partial charge in [-0.25, -0.2) is 4.98 Å². The van der Waals surface area contributed by atoms with E-state index in [-0.39, 0.29) is 26.5 Å². The van der Waals surface area contributed by atoms with E-state index in [1.165, 1.54) is 36.8 Å². The van der Waals surface area contributed by atoms with Crippen molar-refractivity contribution in [2.24, 2.45) is 0 Å². The number of rotatable bonds is 5. The summed E-state index contributed by atoms with van der Waals surface area (Å²) in [4.78, 5) is 9.42. The molecule has 0 aliphatic carbocycles. The summed E-state index contributed by atoms with van der Waals surface area (Å²) < 4.78 is 11.4.